The number of morpholine rings is 1. The zero-order valence-electron chi connectivity index (χ0n) is 20.8. The number of anilines is 1. The van der Waals surface area contributed by atoms with Crippen molar-refractivity contribution in [3.8, 4) is 11.8 Å². The fourth-order valence-corrected chi connectivity index (χ4v) is 4.57. The average molecular weight is 483 g/mol. The predicted octanol–water partition coefficient (Wildman–Crippen LogP) is 2.59. The lowest BCUT2D eigenvalue weighted by molar-refractivity contribution is -0.132. The monoisotopic (exact) mass is 482 g/mol. The van der Waals surface area contributed by atoms with E-state index in [2.05, 4.69) is 22.1 Å². The number of urea groups is 1. The van der Waals surface area contributed by atoms with Gasteiger partial charge in [0.2, 0.25) is 5.91 Å². The summed E-state index contributed by atoms with van der Waals surface area (Å²) in [5.41, 5.74) is 0.881. The van der Waals surface area contributed by atoms with Crippen LogP contribution in [0.1, 0.15) is 45.6 Å². The normalized spacial score (nSPS) is 20.8. The van der Waals surface area contributed by atoms with E-state index in [-0.39, 0.29) is 17.6 Å². The Morgan fingerprint density at radius 3 is 2.49 bits per heavy atom. The number of piperidine rings is 1. The first kappa shape index (κ1) is 25.0. The fourth-order valence-electron chi connectivity index (χ4n) is 4.57. The van der Waals surface area contributed by atoms with Crippen LogP contribution in [-0.2, 0) is 14.3 Å². The molecule has 1 aromatic carbocycles. The van der Waals surface area contributed by atoms with Gasteiger partial charge in [-0.05, 0) is 57.9 Å². The first-order valence-electron chi connectivity index (χ1n) is 12.2. The van der Waals surface area contributed by atoms with Gasteiger partial charge >= 0.3 is 12.1 Å². The number of hydrogen-bond acceptors (Lipinski definition) is 6. The molecule has 3 heterocycles. The van der Waals surface area contributed by atoms with Crippen molar-refractivity contribution in [3.05, 3.63) is 29.8 Å². The minimum atomic E-state index is -0.494. The molecule has 4 rings (SSSR count). The number of likely N-dealkylation sites (tertiary alicyclic amines) is 1. The second kappa shape index (κ2) is 10.3. The van der Waals surface area contributed by atoms with Crippen LogP contribution in [0.2, 0.25) is 0 Å². The molecular weight excluding hydrogens is 448 g/mol. The summed E-state index contributed by atoms with van der Waals surface area (Å²) >= 11 is 0. The van der Waals surface area contributed by atoms with Gasteiger partial charge in [-0.1, -0.05) is 11.8 Å². The quantitative estimate of drug-likeness (QED) is 0.652. The van der Waals surface area contributed by atoms with Crippen LogP contribution < -0.4 is 10.2 Å². The number of amides is 4. The highest BCUT2D eigenvalue weighted by Crippen LogP contribution is 2.30. The molecule has 0 aliphatic carbocycles. The maximum atomic E-state index is 12.4. The van der Waals surface area contributed by atoms with Gasteiger partial charge in [0.25, 0.3) is 0 Å². The first-order valence-corrected chi connectivity index (χ1v) is 12.2. The van der Waals surface area contributed by atoms with E-state index >= 15 is 0 Å². The summed E-state index contributed by atoms with van der Waals surface area (Å²) in [6.07, 6.45) is 1.61. The van der Waals surface area contributed by atoms with Crippen LogP contribution in [-0.4, -0.2) is 84.9 Å². The summed E-state index contributed by atoms with van der Waals surface area (Å²) in [6, 6.07) is 7.08. The van der Waals surface area contributed by atoms with Gasteiger partial charge in [-0.2, -0.15) is 0 Å². The Hall–Kier alpha value is -3.09. The van der Waals surface area contributed by atoms with Crippen LogP contribution >= 0.6 is 0 Å². The lowest BCUT2D eigenvalue weighted by atomic mass is 9.89. The highest BCUT2D eigenvalue weighted by atomic mass is 16.6. The van der Waals surface area contributed by atoms with Gasteiger partial charge in [0.1, 0.15) is 5.60 Å². The molecule has 3 saturated heterocycles. The molecule has 1 aromatic rings. The third-order valence-electron chi connectivity index (χ3n) is 6.42. The molecule has 3 aliphatic heterocycles. The van der Waals surface area contributed by atoms with Crippen LogP contribution in [0.4, 0.5) is 15.3 Å². The Morgan fingerprint density at radius 2 is 1.83 bits per heavy atom. The lowest BCUT2D eigenvalue weighted by Crippen LogP contribution is -2.57. The van der Waals surface area contributed by atoms with Crippen LogP contribution in [0.5, 0.6) is 0 Å². The second-order valence-corrected chi connectivity index (χ2v) is 10.3. The van der Waals surface area contributed by atoms with E-state index in [9.17, 15) is 14.4 Å². The molecule has 0 aromatic heterocycles. The maximum absolute atomic E-state index is 12.4. The summed E-state index contributed by atoms with van der Waals surface area (Å²) in [4.78, 5) is 41.3. The largest absolute Gasteiger partial charge is 0.444 e. The number of nitrogens with one attached hydrogen (secondary N) is 1. The van der Waals surface area contributed by atoms with E-state index in [1.54, 1.807) is 9.80 Å². The van der Waals surface area contributed by atoms with Crippen molar-refractivity contribution in [1.82, 2.24) is 15.1 Å². The molecule has 0 saturated carbocycles. The first-order chi connectivity index (χ1) is 16.6. The number of ether oxygens (including phenoxy) is 2. The van der Waals surface area contributed by atoms with E-state index in [0.717, 1.165) is 37.2 Å². The average Bonchev–Trinajstić information content (AvgIpc) is 2.79. The third-order valence-corrected chi connectivity index (χ3v) is 6.42. The maximum Gasteiger partial charge on any atom is 0.410 e. The van der Waals surface area contributed by atoms with E-state index in [1.807, 2.05) is 45.0 Å². The SMILES string of the molecule is CC(C)(C)OC(=O)N1CCC2(CC1)CN(CC#Cc1ccc(N3CCC(=O)NC3=O)cc1)CCO2. The standard InChI is InChI=1S/C26H34N4O5/c1-25(2,3)35-24(33)29-15-11-26(12-16-29)19-28(17-18-34-26)13-4-5-20-6-8-21(9-7-20)30-14-10-22(31)27-23(30)32/h6-9H,10-19H2,1-3H3,(H,27,31,32). The summed E-state index contributed by atoms with van der Waals surface area (Å²) in [7, 11) is 0. The molecule has 0 atom stereocenters. The van der Waals surface area contributed by atoms with Gasteiger partial charge in [-0.25, -0.2) is 9.59 Å². The molecule has 35 heavy (non-hydrogen) atoms. The number of imide groups is 1. The minimum Gasteiger partial charge on any atom is -0.444 e. The van der Waals surface area contributed by atoms with Gasteiger partial charge in [0, 0.05) is 50.4 Å². The Bertz CT molecular complexity index is 1010. The topological polar surface area (TPSA) is 91.4 Å². The Kier molecular flexibility index (Phi) is 7.33. The summed E-state index contributed by atoms with van der Waals surface area (Å²) in [5.74, 6) is 6.22. The molecule has 0 unspecified atom stereocenters. The summed E-state index contributed by atoms with van der Waals surface area (Å²) in [5, 5.41) is 2.33. The molecule has 1 N–H and O–H groups in total. The van der Waals surface area contributed by atoms with E-state index in [4.69, 9.17) is 9.47 Å². The van der Waals surface area contributed by atoms with Gasteiger partial charge < -0.3 is 14.4 Å². The Balaban J connectivity index is 1.28. The molecule has 188 valence electrons. The predicted molar refractivity (Wildman–Crippen MR) is 131 cm³/mol. The zero-order chi connectivity index (χ0) is 25.1. The van der Waals surface area contributed by atoms with E-state index in [1.165, 1.54) is 0 Å². The van der Waals surface area contributed by atoms with Crippen molar-refractivity contribution in [3.63, 3.8) is 0 Å². The molecule has 9 heteroatoms. The minimum absolute atomic E-state index is 0.240. The lowest BCUT2D eigenvalue weighted by Gasteiger charge is -2.46. The van der Waals surface area contributed by atoms with Crippen molar-refractivity contribution in [2.45, 2.75) is 51.2 Å². The van der Waals surface area contributed by atoms with E-state index < -0.39 is 11.6 Å². The number of hydrogen-bond donors (Lipinski definition) is 1. The van der Waals surface area contributed by atoms with Crippen LogP contribution in [0.15, 0.2) is 24.3 Å². The molecule has 0 radical (unpaired) electrons. The molecule has 1 spiro atoms. The van der Waals surface area contributed by atoms with Gasteiger partial charge in [-0.15, -0.1) is 0 Å². The smallest absolute Gasteiger partial charge is 0.410 e. The highest BCUT2D eigenvalue weighted by Gasteiger charge is 2.41. The number of nitrogens with zero attached hydrogens (tertiary/aromatic N) is 3. The molecular formula is C26H34N4O5. The van der Waals surface area contributed by atoms with Gasteiger partial charge in [0.05, 0.1) is 18.8 Å². The number of carbonyl (C=O) groups is 3. The molecule has 0 bridgehead atoms. The molecule has 3 fully saturated rings. The van der Waals surface area contributed by atoms with Crippen molar-refractivity contribution < 1.29 is 23.9 Å². The van der Waals surface area contributed by atoms with Gasteiger partial charge in [-0.3, -0.25) is 19.9 Å². The van der Waals surface area contributed by atoms with Crippen molar-refractivity contribution >= 4 is 23.7 Å². The van der Waals surface area contributed by atoms with Crippen molar-refractivity contribution in [1.29, 1.82) is 0 Å². The molecule has 9 nitrogen and oxygen atoms in total. The van der Waals surface area contributed by atoms with E-state index in [0.29, 0.717) is 39.2 Å². The number of rotatable bonds is 2. The van der Waals surface area contributed by atoms with Crippen molar-refractivity contribution in [2.24, 2.45) is 0 Å². The number of benzene rings is 1. The van der Waals surface area contributed by atoms with Gasteiger partial charge in [0.15, 0.2) is 0 Å². The second-order valence-electron chi connectivity index (χ2n) is 10.3. The highest BCUT2D eigenvalue weighted by molar-refractivity contribution is 6.05. The van der Waals surface area contributed by atoms with Crippen molar-refractivity contribution in [2.75, 3.05) is 50.8 Å². The Morgan fingerprint density at radius 1 is 1.11 bits per heavy atom. The Labute approximate surface area is 206 Å². The third kappa shape index (κ3) is 6.53. The summed E-state index contributed by atoms with van der Waals surface area (Å²) < 4.78 is 11.7. The number of carbonyl (C=O) groups excluding carboxylic acids is 3. The summed E-state index contributed by atoms with van der Waals surface area (Å²) in [6.45, 7) is 10.2. The molecule has 3 aliphatic rings. The van der Waals surface area contributed by atoms with Crippen LogP contribution in [0, 0.1) is 11.8 Å². The zero-order valence-corrected chi connectivity index (χ0v) is 20.8. The molecule has 4 amide bonds. The van der Waals surface area contributed by atoms with Crippen LogP contribution in [0.3, 0.4) is 0 Å². The fraction of sp³-hybridized carbons (Fsp3) is 0.577. The van der Waals surface area contributed by atoms with Crippen LogP contribution in [0.25, 0.3) is 0 Å².